The summed E-state index contributed by atoms with van der Waals surface area (Å²) in [6.45, 7) is 5.25. The first-order chi connectivity index (χ1) is 12.8. The third-order valence-corrected chi connectivity index (χ3v) is 5.02. The van der Waals surface area contributed by atoms with Crippen molar-refractivity contribution in [2.45, 2.75) is 26.2 Å². The molecule has 138 valence electrons. The van der Waals surface area contributed by atoms with Crippen LogP contribution >= 0.6 is 11.3 Å². The summed E-state index contributed by atoms with van der Waals surface area (Å²) in [6, 6.07) is 9.95. The van der Waals surface area contributed by atoms with E-state index in [9.17, 15) is 4.79 Å². The second kappa shape index (κ2) is 9.45. The highest BCUT2D eigenvalue weighted by Crippen LogP contribution is 2.21. The van der Waals surface area contributed by atoms with Crippen molar-refractivity contribution in [3.8, 4) is 0 Å². The number of nitrogens with zero attached hydrogens (tertiary/aromatic N) is 3. The molecule has 0 unspecified atom stereocenters. The van der Waals surface area contributed by atoms with Crippen LogP contribution in [0.25, 0.3) is 0 Å². The molecule has 1 aromatic carbocycles. The molecule has 1 aliphatic rings. The highest BCUT2D eigenvalue weighted by Gasteiger charge is 2.15. The molecular formula is C19H24N4O2S. The standard InChI is InChI=1S/C19H24N4O2S/c1-2-6-17(15-7-4-3-5-8-15)21-22-18(24)13-16-14-26-19(20-16)23-9-11-25-12-10-23/h3-5,7-8,14H,2,6,9-13H2,1H3,(H,22,24)/b21-17+. The molecule has 2 heterocycles. The first kappa shape index (κ1) is 18.5. The van der Waals surface area contributed by atoms with Crippen LogP contribution in [0.1, 0.15) is 31.0 Å². The van der Waals surface area contributed by atoms with E-state index in [1.807, 2.05) is 35.7 Å². The second-order valence-corrected chi connectivity index (χ2v) is 6.94. The topological polar surface area (TPSA) is 66.8 Å². The number of carbonyl (C=O) groups excluding carboxylic acids is 1. The summed E-state index contributed by atoms with van der Waals surface area (Å²) >= 11 is 1.57. The number of benzene rings is 1. The zero-order valence-electron chi connectivity index (χ0n) is 15.0. The van der Waals surface area contributed by atoms with E-state index in [1.165, 1.54) is 0 Å². The number of morpholine rings is 1. The van der Waals surface area contributed by atoms with Crippen LogP contribution in [0.3, 0.4) is 0 Å². The average Bonchev–Trinajstić information content (AvgIpc) is 3.15. The predicted octanol–water partition coefficient (Wildman–Crippen LogP) is 2.84. The van der Waals surface area contributed by atoms with Crippen molar-refractivity contribution in [1.82, 2.24) is 10.4 Å². The van der Waals surface area contributed by atoms with Crippen LogP contribution in [0.4, 0.5) is 5.13 Å². The van der Waals surface area contributed by atoms with Crippen LogP contribution < -0.4 is 10.3 Å². The Morgan fingerprint density at radius 3 is 2.81 bits per heavy atom. The maximum atomic E-state index is 12.3. The largest absolute Gasteiger partial charge is 0.378 e. The summed E-state index contributed by atoms with van der Waals surface area (Å²) in [5.74, 6) is -0.145. The van der Waals surface area contributed by atoms with Crippen LogP contribution in [-0.4, -0.2) is 42.9 Å². The van der Waals surface area contributed by atoms with Gasteiger partial charge in [-0.15, -0.1) is 11.3 Å². The van der Waals surface area contributed by atoms with E-state index in [0.29, 0.717) is 0 Å². The lowest BCUT2D eigenvalue weighted by molar-refractivity contribution is -0.120. The molecule has 3 rings (SSSR count). The van der Waals surface area contributed by atoms with E-state index >= 15 is 0 Å². The Balaban J connectivity index is 1.58. The lowest BCUT2D eigenvalue weighted by atomic mass is 10.1. The molecule has 1 aromatic heterocycles. The Morgan fingerprint density at radius 1 is 1.31 bits per heavy atom. The Labute approximate surface area is 157 Å². The Kier molecular flexibility index (Phi) is 6.74. The molecule has 0 aliphatic carbocycles. The van der Waals surface area contributed by atoms with E-state index in [0.717, 1.165) is 61.2 Å². The molecule has 0 bridgehead atoms. The van der Waals surface area contributed by atoms with Gasteiger partial charge in [-0.1, -0.05) is 43.7 Å². The van der Waals surface area contributed by atoms with Gasteiger partial charge in [-0.25, -0.2) is 10.4 Å². The van der Waals surface area contributed by atoms with Gasteiger partial charge in [0.05, 0.1) is 31.0 Å². The number of hydrogen-bond donors (Lipinski definition) is 1. The minimum atomic E-state index is -0.145. The van der Waals surface area contributed by atoms with E-state index in [4.69, 9.17) is 4.74 Å². The van der Waals surface area contributed by atoms with E-state index < -0.39 is 0 Å². The van der Waals surface area contributed by atoms with Crippen molar-refractivity contribution in [2.24, 2.45) is 5.10 Å². The van der Waals surface area contributed by atoms with E-state index in [1.54, 1.807) is 11.3 Å². The fourth-order valence-corrected chi connectivity index (χ4v) is 3.62. The molecular weight excluding hydrogens is 348 g/mol. The number of ether oxygens (including phenoxy) is 1. The van der Waals surface area contributed by atoms with Crippen LogP contribution in [-0.2, 0) is 16.0 Å². The van der Waals surface area contributed by atoms with Crippen LogP contribution in [0.15, 0.2) is 40.8 Å². The van der Waals surface area contributed by atoms with Gasteiger partial charge in [-0.05, 0) is 12.0 Å². The van der Waals surface area contributed by atoms with Gasteiger partial charge >= 0.3 is 0 Å². The minimum Gasteiger partial charge on any atom is -0.378 e. The smallest absolute Gasteiger partial charge is 0.246 e. The van der Waals surface area contributed by atoms with Crippen molar-refractivity contribution in [3.63, 3.8) is 0 Å². The SMILES string of the molecule is CCC/C(=N\NC(=O)Cc1csc(N2CCOCC2)n1)c1ccccc1. The number of aromatic nitrogens is 1. The van der Waals surface area contributed by atoms with Crippen LogP contribution in [0, 0.1) is 0 Å². The van der Waals surface area contributed by atoms with E-state index in [-0.39, 0.29) is 12.3 Å². The maximum absolute atomic E-state index is 12.3. The van der Waals surface area contributed by atoms with Gasteiger partial charge in [-0.3, -0.25) is 4.79 Å². The zero-order valence-corrected chi connectivity index (χ0v) is 15.8. The number of thiazole rings is 1. The third-order valence-electron chi connectivity index (χ3n) is 4.07. The molecule has 1 N–H and O–H groups in total. The summed E-state index contributed by atoms with van der Waals surface area (Å²) in [7, 11) is 0. The number of amides is 1. The van der Waals surface area contributed by atoms with Gasteiger partial charge in [0.1, 0.15) is 0 Å². The number of anilines is 1. The fourth-order valence-electron chi connectivity index (χ4n) is 2.74. The molecule has 6 nitrogen and oxygen atoms in total. The average molecular weight is 372 g/mol. The lowest BCUT2D eigenvalue weighted by Crippen LogP contribution is -2.36. The van der Waals surface area contributed by atoms with Gasteiger partial charge in [0.25, 0.3) is 0 Å². The molecule has 0 radical (unpaired) electrons. The van der Waals surface area contributed by atoms with Crippen molar-refractivity contribution < 1.29 is 9.53 Å². The molecule has 2 aromatic rings. The lowest BCUT2D eigenvalue weighted by Gasteiger charge is -2.26. The molecule has 26 heavy (non-hydrogen) atoms. The summed E-state index contributed by atoms with van der Waals surface area (Å²) in [6.07, 6.45) is 2.03. The highest BCUT2D eigenvalue weighted by atomic mass is 32.1. The van der Waals surface area contributed by atoms with Gasteiger partial charge in [0.2, 0.25) is 5.91 Å². The number of hydrogen-bond acceptors (Lipinski definition) is 6. The fraction of sp³-hybridized carbons (Fsp3) is 0.421. The number of nitrogens with one attached hydrogen (secondary N) is 1. The normalized spacial score (nSPS) is 15.1. The van der Waals surface area contributed by atoms with Crippen molar-refractivity contribution in [2.75, 3.05) is 31.2 Å². The molecule has 0 saturated carbocycles. The van der Waals surface area contributed by atoms with Crippen LogP contribution in [0.2, 0.25) is 0 Å². The third kappa shape index (κ3) is 5.12. The first-order valence-corrected chi connectivity index (χ1v) is 9.82. The second-order valence-electron chi connectivity index (χ2n) is 6.11. The van der Waals surface area contributed by atoms with Crippen molar-refractivity contribution in [1.29, 1.82) is 0 Å². The maximum Gasteiger partial charge on any atom is 0.246 e. The van der Waals surface area contributed by atoms with E-state index in [2.05, 4.69) is 27.3 Å². The summed E-state index contributed by atoms with van der Waals surface area (Å²) < 4.78 is 5.36. The number of hydrazone groups is 1. The number of carbonyl (C=O) groups is 1. The molecule has 7 heteroatoms. The Morgan fingerprint density at radius 2 is 2.08 bits per heavy atom. The van der Waals surface area contributed by atoms with Crippen molar-refractivity contribution in [3.05, 3.63) is 47.0 Å². The molecule has 1 fully saturated rings. The predicted molar refractivity (Wildman–Crippen MR) is 105 cm³/mol. The summed E-state index contributed by atoms with van der Waals surface area (Å²) in [5, 5.41) is 7.24. The van der Waals surface area contributed by atoms with Gasteiger partial charge in [0.15, 0.2) is 5.13 Å². The summed E-state index contributed by atoms with van der Waals surface area (Å²) in [5.41, 5.74) is 5.40. The van der Waals surface area contributed by atoms with Crippen molar-refractivity contribution >= 4 is 28.1 Å². The van der Waals surface area contributed by atoms with Crippen LogP contribution in [0.5, 0.6) is 0 Å². The first-order valence-electron chi connectivity index (χ1n) is 8.94. The van der Waals surface area contributed by atoms with Gasteiger partial charge in [-0.2, -0.15) is 5.10 Å². The zero-order chi connectivity index (χ0) is 18.2. The molecule has 1 saturated heterocycles. The number of rotatable bonds is 7. The minimum absolute atomic E-state index is 0.145. The highest BCUT2D eigenvalue weighted by molar-refractivity contribution is 7.13. The molecule has 0 spiro atoms. The molecule has 1 aliphatic heterocycles. The van der Waals surface area contributed by atoms with Gasteiger partial charge < -0.3 is 9.64 Å². The summed E-state index contributed by atoms with van der Waals surface area (Å²) in [4.78, 5) is 19.0. The monoisotopic (exact) mass is 372 g/mol. The van der Waals surface area contributed by atoms with Gasteiger partial charge in [0, 0.05) is 18.5 Å². The molecule has 0 atom stereocenters. The Hall–Kier alpha value is -2.25. The Bertz CT molecular complexity index is 739. The molecule has 1 amide bonds. The quantitative estimate of drug-likeness (QED) is 0.599.